The molecule has 0 N–H and O–H groups in total. The van der Waals surface area contributed by atoms with E-state index in [-0.39, 0.29) is 0 Å². The predicted molar refractivity (Wildman–Crippen MR) is 46.6 cm³/mol. The predicted octanol–water partition coefficient (Wildman–Crippen LogP) is 1.06. The maximum atomic E-state index is 5.12. The molecule has 1 aliphatic heterocycles. The standard InChI is InChI=1S/C9H15NO/c1-3-5-10(6-4-2)7-9-8-11-9/h3-4,9H,1-2,5-8H2/t9-/m1/s1. The van der Waals surface area contributed by atoms with Crippen molar-refractivity contribution in [2.24, 2.45) is 0 Å². The van der Waals surface area contributed by atoms with Gasteiger partial charge in [0.15, 0.2) is 0 Å². The Hall–Kier alpha value is -0.600. The lowest BCUT2D eigenvalue weighted by Gasteiger charge is -2.16. The molecule has 1 atom stereocenters. The van der Waals surface area contributed by atoms with E-state index in [0.29, 0.717) is 6.10 Å². The molecule has 1 heterocycles. The van der Waals surface area contributed by atoms with Gasteiger partial charge in [-0.25, -0.2) is 0 Å². The Bertz CT molecular complexity index is 130. The highest BCUT2D eigenvalue weighted by molar-refractivity contribution is 4.83. The molecule has 0 aromatic rings. The molecule has 0 saturated carbocycles. The SMILES string of the molecule is C=CCN(CC=C)C[C@@H]1CO1. The van der Waals surface area contributed by atoms with Gasteiger partial charge in [-0.05, 0) is 0 Å². The molecule has 2 heteroatoms. The van der Waals surface area contributed by atoms with Crippen LogP contribution < -0.4 is 0 Å². The largest absolute Gasteiger partial charge is 0.372 e. The summed E-state index contributed by atoms with van der Waals surface area (Å²) in [6.45, 7) is 11.2. The van der Waals surface area contributed by atoms with E-state index in [1.807, 2.05) is 12.2 Å². The lowest BCUT2D eigenvalue weighted by molar-refractivity contribution is 0.284. The molecule has 0 aromatic carbocycles. The van der Waals surface area contributed by atoms with Crippen molar-refractivity contribution in [3.05, 3.63) is 25.3 Å². The van der Waals surface area contributed by atoms with Gasteiger partial charge in [0, 0.05) is 19.6 Å². The summed E-state index contributed by atoms with van der Waals surface area (Å²) in [6, 6.07) is 0. The Kier molecular flexibility index (Phi) is 3.33. The second-order valence-corrected chi connectivity index (χ2v) is 2.75. The van der Waals surface area contributed by atoms with Gasteiger partial charge in [0.2, 0.25) is 0 Å². The van der Waals surface area contributed by atoms with Gasteiger partial charge in [-0.3, -0.25) is 4.90 Å². The van der Waals surface area contributed by atoms with Crippen LogP contribution in [0.3, 0.4) is 0 Å². The topological polar surface area (TPSA) is 15.8 Å². The average Bonchev–Trinajstić information content (AvgIpc) is 2.73. The lowest BCUT2D eigenvalue weighted by atomic mass is 10.4. The van der Waals surface area contributed by atoms with Crippen LogP contribution in [0.15, 0.2) is 25.3 Å². The van der Waals surface area contributed by atoms with E-state index in [0.717, 1.165) is 26.2 Å². The third kappa shape index (κ3) is 3.35. The van der Waals surface area contributed by atoms with Gasteiger partial charge >= 0.3 is 0 Å². The maximum absolute atomic E-state index is 5.12. The van der Waals surface area contributed by atoms with Gasteiger partial charge in [-0.2, -0.15) is 0 Å². The van der Waals surface area contributed by atoms with Crippen LogP contribution in [-0.4, -0.2) is 37.2 Å². The van der Waals surface area contributed by atoms with E-state index in [9.17, 15) is 0 Å². The summed E-state index contributed by atoms with van der Waals surface area (Å²) < 4.78 is 5.12. The van der Waals surface area contributed by atoms with Gasteiger partial charge in [0.05, 0.1) is 12.7 Å². The van der Waals surface area contributed by atoms with Crippen molar-refractivity contribution in [1.29, 1.82) is 0 Å². The number of hydrogen-bond acceptors (Lipinski definition) is 2. The summed E-state index contributed by atoms with van der Waals surface area (Å²) in [4.78, 5) is 2.26. The molecule has 1 aliphatic rings. The molecule has 1 rings (SSSR count). The number of hydrogen-bond donors (Lipinski definition) is 0. The molecule has 62 valence electrons. The lowest BCUT2D eigenvalue weighted by Crippen LogP contribution is -2.28. The van der Waals surface area contributed by atoms with Gasteiger partial charge < -0.3 is 4.74 Å². The van der Waals surface area contributed by atoms with E-state index < -0.39 is 0 Å². The Morgan fingerprint density at radius 3 is 2.27 bits per heavy atom. The zero-order chi connectivity index (χ0) is 8.10. The minimum absolute atomic E-state index is 0.467. The van der Waals surface area contributed by atoms with E-state index >= 15 is 0 Å². The van der Waals surface area contributed by atoms with E-state index in [4.69, 9.17) is 4.74 Å². The highest BCUT2D eigenvalue weighted by Gasteiger charge is 2.24. The Labute approximate surface area is 68.1 Å². The van der Waals surface area contributed by atoms with Crippen molar-refractivity contribution < 1.29 is 4.74 Å². The van der Waals surface area contributed by atoms with Crippen molar-refractivity contribution in [2.45, 2.75) is 6.10 Å². The number of ether oxygens (including phenoxy) is 1. The monoisotopic (exact) mass is 153 g/mol. The van der Waals surface area contributed by atoms with Crippen LogP contribution >= 0.6 is 0 Å². The van der Waals surface area contributed by atoms with Crippen molar-refractivity contribution in [3.8, 4) is 0 Å². The van der Waals surface area contributed by atoms with E-state index in [2.05, 4.69) is 18.1 Å². The highest BCUT2D eigenvalue weighted by atomic mass is 16.6. The third-order valence-corrected chi connectivity index (χ3v) is 1.64. The molecule has 2 nitrogen and oxygen atoms in total. The molecular formula is C9H15NO. The third-order valence-electron chi connectivity index (χ3n) is 1.64. The Morgan fingerprint density at radius 1 is 1.36 bits per heavy atom. The van der Waals surface area contributed by atoms with E-state index in [1.165, 1.54) is 0 Å². The molecule has 0 unspecified atom stereocenters. The zero-order valence-electron chi connectivity index (χ0n) is 6.83. The van der Waals surface area contributed by atoms with Crippen LogP contribution in [-0.2, 0) is 4.74 Å². The molecule has 0 aromatic heterocycles. The molecule has 0 bridgehead atoms. The van der Waals surface area contributed by atoms with Gasteiger partial charge in [0.25, 0.3) is 0 Å². The van der Waals surface area contributed by atoms with E-state index in [1.54, 1.807) is 0 Å². The number of rotatable bonds is 6. The summed E-state index contributed by atoms with van der Waals surface area (Å²) in [7, 11) is 0. The highest BCUT2D eigenvalue weighted by Crippen LogP contribution is 2.10. The number of nitrogens with zero attached hydrogens (tertiary/aromatic N) is 1. The first kappa shape index (κ1) is 8.50. The summed E-state index contributed by atoms with van der Waals surface area (Å²) in [6.07, 6.45) is 4.28. The maximum Gasteiger partial charge on any atom is 0.0936 e. The van der Waals surface area contributed by atoms with Crippen LogP contribution in [0.2, 0.25) is 0 Å². The fraction of sp³-hybridized carbons (Fsp3) is 0.556. The van der Waals surface area contributed by atoms with Crippen LogP contribution in [0, 0.1) is 0 Å². The second-order valence-electron chi connectivity index (χ2n) is 2.75. The van der Waals surface area contributed by atoms with Gasteiger partial charge in [0.1, 0.15) is 0 Å². The summed E-state index contributed by atoms with van der Waals surface area (Å²) in [5.74, 6) is 0. The zero-order valence-corrected chi connectivity index (χ0v) is 6.83. The van der Waals surface area contributed by atoms with Crippen molar-refractivity contribution in [2.75, 3.05) is 26.2 Å². The fourth-order valence-electron chi connectivity index (χ4n) is 1.05. The Morgan fingerprint density at radius 2 is 1.91 bits per heavy atom. The van der Waals surface area contributed by atoms with Crippen molar-refractivity contribution in [1.82, 2.24) is 4.90 Å². The van der Waals surface area contributed by atoms with Crippen molar-refractivity contribution in [3.63, 3.8) is 0 Å². The molecule has 0 spiro atoms. The van der Waals surface area contributed by atoms with Gasteiger partial charge in [-0.15, -0.1) is 13.2 Å². The fourth-order valence-corrected chi connectivity index (χ4v) is 1.05. The minimum atomic E-state index is 0.467. The minimum Gasteiger partial charge on any atom is -0.372 e. The smallest absolute Gasteiger partial charge is 0.0936 e. The first-order valence-corrected chi connectivity index (χ1v) is 3.92. The molecular weight excluding hydrogens is 138 g/mol. The quantitative estimate of drug-likeness (QED) is 0.419. The first-order chi connectivity index (χ1) is 5.36. The molecule has 11 heavy (non-hydrogen) atoms. The summed E-state index contributed by atoms with van der Waals surface area (Å²) >= 11 is 0. The van der Waals surface area contributed by atoms with Gasteiger partial charge in [-0.1, -0.05) is 12.2 Å². The second kappa shape index (κ2) is 4.31. The molecule has 1 fully saturated rings. The van der Waals surface area contributed by atoms with Crippen LogP contribution in [0.4, 0.5) is 0 Å². The molecule has 0 radical (unpaired) electrons. The first-order valence-electron chi connectivity index (χ1n) is 3.92. The summed E-state index contributed by atoms with van der Waals surface area (Å²) in [5, 5.41) is 0. The van der Waals surface area contributed by atoms with Crippen LogP contribution in [0.5, 0.6) is 0 Å². The Balaban J connectivity index is 2.18. The van der Waals surface area contributed by atoms with Crippen molar-refractivity contribution >= 4 is 0 Å². The van der Waals surface area contributed by atoms with Crippen LogP contribution in [0.1, 0.15) is 0 Å². The average molecular weight is 153 g/mol. The summed E-state index contributed by atoms with van der Waals surface area (Å²) in [5.41, 5.74) is 0. The molecule has 0 amide bonds. The van der Waals surface area contributed by atoms with Crippen LogP contribution in [0.25, 0.3) is 0 Å². The number of epoxide rings is 1. The molecule has 1 saturated heterocycles. The normalized spacial score (nSPS) is 21.7. The molecule has 0 aliphatic carbocycles.